The van der Waals surface area contributed by atoms with Crippen molar-refractivity contribution in [2.75, 3.05) is 17.7 Å². The molecular weight excluding hydrogens is 280 g/mol. The van der Waals surface area contributed by atoms with Crippen LogP contribution in [0.25, 0.3) is 0 Å². The van der Waals surface area contributed by atoms with E-state index >= 15 is 0 Å². The Balaban J connectivity index is 2.43. The van der Waals surface area contributed by atoms with Crippen LogP contribution in [0.3, 0.4) is 0 Å². The monoisotopic (exact) mass is 292 g/mol. The fourth-order valence-electron chi connectivity index (χ4n) is 1.73. The molecule has 20 heavy (non-hydrogen) atoms. The second kappa shape index (κ2) is 5.75. The molecule has 0 unspecified atom stereocenters. The van der Waals surface area contributed by atoms with E-state index < -0.39 is 4.92 Å². The highest BCUT2D eigenvalue weighted by atomic mass is 35.5. The van der Waals surface area contributed by atoms with Crippen molar-refractivity contribution in [3.8, 4) is 0 Å². The zero-order valence-corrected chi connectivity index (χ0v) is 11.7. The molecular formula is C13H13ClN4O2. The van der Waals surface area contributed by atoms with Gasteiger partial charge in [-0.2, -0.15) is 0 Å². The Hall–Kier alpha value is -2.34. The maximum absolute atomic E-state index is 10.9. The molecule has 0 radical (unpaired) electrons. The van der Waals surface area contributed by atoms with Crippen LogP contribution in [0.1, 0.15) is 5.56 Å². The number of rotatable bonds is 4. The Bertz CT molecular complexity index is 641. The predicted molar refractivity (Wildman–Crippen MR) is 79.9 cm³/mol. The Labute approximate surface area is 120 Å². The number of pyridine rings is 1. The lowest BCUT2D eigenvalue weighted by Gasteiger charge is -2.11. The van der Waals surface area contributed by atoms with Gasteiger partial charge in [0.1, 0.15) is 11.6 Å². The van der Waals surface area contributed by atoms with E-state index in [0.29, 0.717) is 22.3 Å². The molecule has 0 aliphatic heterocycles. The summed E-state index contributed by atoms with van der Waals surface area (Å²) >= 11 is 6.12. The molecule has 0 amide bonds. The van der Waals surface area contributed by atoms with Crippen molar-refractivity contribution in [2.45, 2.75) is 6.92 Å². The molecule has 0 fully saturated rings. The summed E-state index contributed by atoms with van der Waals surface area (Å²) in [5.41, 5.74) is 1.57. The van der Waals surface area contributed by atoms with Gasteiger partial charge in [0.2, 0.25) is 0 Å². The summed E-state index contributed by atoms with van der Waals surface area (Å²) in [7, 11) is 1.65. The van der Waals surface area contributed by atoms with Gasteiger partial charge in [-0.05, 0) is 18.6 Å². The third-order valence-corrected chi connectivity index (χ3v) is 3.07. The van der Waals surface area contributed by atoms with Crippen LogP contribution in [0.5, 0.6) is 0 Å². The minimum absolute atomic E-state index is 0.0449. The quantitative estimate of drug-likeness (QED) is 0.663. The third-order valence-electron chi connectivity index (χ3n) is 2.75. The van der Waals surface area contributed by atoms with Gasteiger partial charge < -0.3 is 10.6 Å². The van der Waals surface area contributed by atoms with Gasteiger partial charge in [-0.1, -0.05) is 23.7 Å². The second-order valence-electron chi connectivity index (χ2n) is 4.16. The predicted octanol–water partition coefficient (Wildman–Crippen LogP) is 3.74. The summed E-state index contributed by atoms with van der Waals surface area (Å²) in [5, 5.41) is 17.2. The van der Waals surface area contributed by atoms with Crippen LogP contribution in [-0.2, 0) is 0 Å². The zero-order valence-electron chi connectivity index (χ0n) is 11.0. The lowest BCUT2D eigenvalue weighted by molar-refractivity contribution is -0.384. The van der Waals surface area contributed by atoms with Crippen molar-refractivity contribution in [2.24, 2.45) is 0 Å². The molecule has 0 bridgehead atoms. The van der Waals surface area contributed by atoms with E-state index in [1.54, 1.807) is 13.1 Å². The highest BCUT2D eigenvalue weighted by molar-refractivity contribution is 6.33. The first kappa shape index (κ1) is 14.1. The fourth-order valence-corrected chi connectivity index (χ4v) is 2.00. The van der Waals surface area contributed by atoms with Crippen LogP contribution < -0.4 is 10.6 Å². The Morgan fingerprint density at radius 3 is 2.60 bits per heavy atom. The molecule has 1 aromatic heterocycles. The van der Waals surface area contributed by atoms with Crippen LogP contribution in [0, 0.1) is 17.0 Å². The van der Waals surface area contributed by atoms with E-state index in [1.165, 1.54) is 12.1 Å². The number of hydrogen-bond acceptors (Lipinski definition) is 5. The Kier molecular flexibility index (Phi) is 4.05. The summed E-state index contributed by atoms with van der Waals surface area (Å²) in [6.45, 7) is 1.89. The smallest absolute Gasteiger partial charge is 0.276 e. The molecule has 1 heterocycles. The van der Waals surface area contributed by atoms with E-state index in [0.717, 1.165) is 5.56 Å². The normalized spacial score (nSPS) is 10.2. The fraction of sp³-hybridized carbons (Fsp3) is 0.154. The molecule has 0 aliphatic rings. The maximum Gasteiger partial charge on any atom is 0.276 e. The van der Waals surface area contributed by atoms with Crippen molar-refractivity contribution in [1.29, 1.82) is 0 Å². The standard InChI is InChI=1S/C13H13ClN4O2/c1-8-4-3-5-10(14)13(8)17-12-7-9(18(19)20)6-11(15-2)16-12/h3-7H,1-2H3,(H2,15,16,17). The number of hydrogen-bond donors (Lipinski definition) is 2. The molecule has 7 heteroatoms. The summed E-state index contributed by atoms with van der Waals surface area (Å²) < 4.78 is 0. The van der Waals surface area contributed by atoms with Gasteiger partial charge in [-0.15, -0.1) is 0 Å². The average molecular weight is 293 g/mol. The summed E-state index contributed by atoms with van der Waals surface area (Å²) in [6.07, 6.45) is 0. The van der Waals surface area contributed by atoms with Crippen LogP contribution in [0.4, 0.5) is 23.0 Å². The largest absolute Gasteiger partial charge is 0.373 e. The van der Waals surface area contributed by atoms with Crippen molar-refractivity contribution >= 4 is 34.6 Å². The van der Waals surface area contributed by atoms with Gasteiger partial charge in [-0.3, -0.25) is 10.1 Å². The van der Waals surface area contributed by atoms with Crippen molar-refractivity contribution in [3.63, 3.8) is 0 Å². The SMILES string of the molecule is CNc1cc([N+](=O)[O-])cc(Nc2c(C)cccc2Cl)n1. The van der Waals surface area contributed by atoms with Gasteiger partial charge in [-0.25, -0.2) is 4.98 Å². The molecule has 0 aliphatic carbocycles. The summed E-state index contributed by atoms with van der Waals surface area (Å²) in [5.74, 6) is 0.770. The number of aromatic nitrogens is 1. The third kappa shape index (κ3) is 2.97. The van der Waals surface area contributed by atoms with Gasteiger partial charge in [0.15, 0.2) is 0 Å². The molecule has 0 saturated carbocycles. The zero-order chi connectivity index (χ0) is 14.7. The van der Waals surface area contributed by atoms with E-state index in [4.69, 9.17) is 11.6 Å². The first-order valence-corrected chi connectivity index (χ1v) is 6.25. The number of nitrogens with one attached hydrogen (secondary N) is 2. The first-order valence-electron chi connectivity index (χ1n) is 5.87. The Morgan fingerprint density at radius 2 is 2.00 bits per heavy atom. The topological polar surface area (TPSA) is 80.1 Å². The van der Waals surface area contributed by atoms with Crippen LogP contribution >= 0.6 is 11.6 Å². The number of aryl methyl sites for hydroxylation is 1. The number of nitro groups is 1. The average Bonchev–Trinajstić information content (AvgIpc) is 2.42. The van der Waals surface area contributed by atoms with Gasteiger partial charge in [0, 0.05) is 7.05 Å². The maximum atomic E-state index is 10.9. The Morgan fingerprint density at radius 1 is 1.30 bits per heavy atom. The first-order chi connectivity index (χ1) is 9.51. The van der Waals surface area contributed by atoms with E-state index in [9.17, 15) is 10.1 Å². The van der Waals surface area contributed by atoms with E-state index in [2.05, 4.69) is 15.6 Å². The van der Waals surface area contributed by atoms with Crippen LogP contribution in [0.15, 0.2) is 30.3 Å². The highest BCUT2D eigenvalue weighted by Gasteiger charge is 2.12. The van der Waals surface area contributed by atoms with Crippen LogP contribution in [0.2, 0.25) is 5.02 Å². The molecule has 2 aromatic rings. The van der Waals surface area contributed by atoms with E-state index in [-0.39, 0.29) is 5.69 Å². The summed E-state index contributed by atoms with van der Waals surface area (Å²) in [4.78, 5) is 14.7. The lowest BCUT2D eigenvalue weighted by Crippen LogP contribution is -2.01. The minimum Gasteiger partial charge on any atom is -0.373 e. The highest BCUT2D eigenvalue weighted by Crippen LogP contribution is 2.30. The number of para-hydroxylation sites is 1. The van der Waals surface area contributed by atoms with Crippen molar-refractivity contribution in [1.82, 2.24) is 4.98 Å². The second-order valence-corrected chi connectivity index (χ2v) is 4.57. The van der Waals surface area contributed by atoms with Gasteiger partial charge >= 0.3 is 0 Å². The molecule has 1 aromatic carbocycles. The summed E-state index contributed by atoms with van der Waals surface area (Å²) in [6, 6.07) is 8.20. The molecule has 2 rings (SSSR count). The van der Waals surface area contributed by atoms with Crippen molar-refractivity contribution in [3.05, 3.63) is 51.0 Å². The van der Waals surface area contributed by atoms with Crippen molar-refractivity contribution < 1.29 is 4.92 Å². The molecule has 0 spiro atoms. The number of anilines is 3. The number of halogens is 1. The number of nitrogens with zero attached hydrogens (tertiary/aromatic N) is 2. The number of benzene rings is 1. The molecule has 0 saturated heterocycles. The van der Waals surface area contributed by atoms with Crippen LogP contribution in [-0.4, -0.2) is 17.0 Å². The molecule has 2 N–H and O–H groups in total. The van der Waals surface area contributed by atoms with Gasteiger partial charge in [0.05, 0.1) is 27.8 Å². The minimum atomic E-state index is -0.465. The lowest BCUT2D eigenvalue weighted by atomic mass is 10.2. The van der Waals surface area contributed by atoms with E-state index in [1.807, 2.05) is 19.1 Å². The molecule has 0 atom stereocenters. The molecule has 104 valence electrons. The molecule has 6 nitrogen and oxygen atoms in total. The van der Waals surface area contributed by atoms with Gasteiger partial charge in [0.25, 0.3) is 5.69 Å².